The van der Waals surface area contributed by atoms with Gasteiger partial charge in [-0.2, -0.15) is 0 Å². The van der Waals surface area contributed by atoms with Crippen molar-refractivity contribution in [2.45, 2.75) is 11.8 Å². The van der Waals surface area contributed by atoms with Gasteiger partial charge in [0.25, 0.3) is 0 Å². The highest BCUT2D eigenvalue weighted by atomic mass is 35.5. The molecule has 2 aromatic carbocycles. The van der Waals surface area contributed by atoms with E-state index in [0.29, 0.717) is 0 Å². The minimum absolute atomic E-state index is 0.0203. The monoisotopic (exact) mass is 311 g/mol. The van der Waals surface area contributed by atoms with Crippen molar-refractivity contribution in [3.05, 3.63) is 70.2 Å². The maximum atomic E-state index is 14.1. The summed E-state index contributed by atoms with van der Waals surface area (Å²) in [5.41, 5.74) is 5.14. The highest BCUT2D eigenvalue weighted by molar-refractivity contribution is 6.31. The molecule has 0 aromatic heterocycles. The van der Waals surface area contributed by atoms with Crippen LogP contribution in [0.2, 0.25) is 5.02 Å². The van der Waals surface area contributed by atoms with Gasteiger partial charge in [-0.05, 0) is 30.2 Å². The van der Waals surface area contributed by atoms with Crippen LogP contribution in [0.15, 0.2) is 42.5 Å². The Bertz CT molecular complexity index is 609. The number of hydrogen-bond donors (Lipinski definition) is 2. The molecule has 112 valence electrons. The number of aliphatic hydroxyl groups excluding tert-OH is 1. The first-order chi connectivity index (χ1) is 10.0. The molecule has 0 saturated carbocycles. The Morgan fingerprint density at radius 2 is 1.71 bits per heavy atom. The predicted octanol–water partition coefficient (Wildman–Crippen LogP) is 3.05. The van der Waals surface area contributed by atoms with Crippen LogP contribution in [0.25, 0.3) is 0 Å². The molecule has 0 spiro atoms. The molecule has 21 heavy (non-hydrogen) atoms. The Morgan fingerprint density at radius 3 is 2.29 bits per heavy atom. The lowest BCUT2D eigenvalue weighted by Gasteiger charge is -2.32. The van der Waals surface area contributed by atoms with Gasteiger partial charge in [0.15, 0.2) is 0 Å². The molecule has 0 saturated heterocycles. The Kier molecular flexibility index (Phi) is 4.93. The molecular weight excluding hydrogens is 296 g/mol. The van der Waals surface area contributed by atoms with Gasteiger partial charge in [0.05, 0.1) is 6.61 Å². The molecule has 1 unspecified atom stereocenters. The van der Waals surface area contributed by atoms with Crippen molar-refractivity contribution in [3.8, 4) is 0 Å². The van der Waals surface area contributed by atoms with E-state index in [4.69, 9.17) is 17.3 Å². The third-order valence-corrected chi connectivity index (χ3v) is 4.07. The summed E-state index contributed by atoms with van der Waals surface area (Å²) >= 11 is 6.02. The van der Waals surface area contributed by atoms with Gasteiger partial charge in [-0.25, -0.2) is 8.78 Å². The molecule has 2 aromatic rings. The second-order valence-corrected chi connectivity index (χ2v) is 5.41. The summed E-state index contributed by atoms with van der Waals surface area (Å²) in [4.78, 5) is 0. The highest BCUT2D eigenvalue weighted by Gasteiger charge is 2.34. The number of benzene rings is 2. The lowest BCUT2D eigenvalue weighted by molar-refractivity contribution is 0.191. The van der Waals surface area contributed by atoms with Gasteiger partial charge in [0.1, 0.15) is 11.6 Å². The van der Waals surface area contributed by atoms with Gasteiger partial charge in [-0.15, -0.1) is 0 Å². The zero-order chi connectivity index (χ0) is 15.5. The number of aliphatic hydroxyl groups is 1. The van der Waals surface area contributed by atoms with Crippen LogP contribution in [0.1, 0.15) is 11.1 Å². The van der Waals surface area contributed by atoms with Crippen LogP contribution in [0.3, 0.4) is 0 Å². The zero-order valence-corrected chi connectivity index (χ0v) is 12.1. The quantitative estimate of drug-likeness (QED) is 0.891. The van der Waals surface area contributed by atoms with Crippen molar-refractivity contribution in [1.82, 2.24) is 0 Å². The molecule has 5 heteroatoms. The van der Waals surface area contributed by atoms with Gasteiger partial charge < -0.3 is 10.8 Å². The Morgan fingerprint density at radius 1 is 1.05 bits per heavy atom. The first-order valence-electron chi connectivity index (χ1n) is 6.53. The lowest BCUT2D eigenvalue weighted by Crippen LogP contribution is -2.42. The number of halogens is 3. The number of hydrogen-bond acceptors (Lipinski definition) is 2. The molecule has 0 radical (unpaired) electrons. The van der Waals surface area contributed by atoms with Gasteiger partial charge in [0.2, 0.25) is 0 Å². The van der Waals surface area contributed by atoms with E-state index in [9.17, 15) is 13.9 Å². The Balaban J connectivity index is 2.51. The minimum atomic E-state index is -1.11. The highest BCUT2D eigenvalue weighted by Crippen LogP contribution is 2.33. The smallest absolute Gasteiger partial charge is 0.127 e. The molecule has 2 rings (SSSR count). The summed E-state index contributed by atoms with van der Waals surface area (Å²) in [7, 11) is 0. The van der Waals surface area contributed by atoms with Gasteiger partial charge in [-0.3, -0.25) is 0 Å². The first kappa shape index (κ1) is 15.9. The molecule has 1 atom stereocenters. The SMILES string of the molecule is NCC(CO)(Cc1c(F)cccc1Cl)c1ccccc1F. The molecule has 0 fully saturated rings. The molecule has 0 aliphatic carbocycles. The summed E-state index contributed by atoms with van der Waals surface area (Å²) < 4.78 is 28.0. The van der Waals surface area contributed by atoms with E-state index in [0.717, 1.165) is 0 Å². The standard InChI is InChI=1S/C16H16ClF2NO/c17-13-5-3-7-14(18)11(13)8-16(9-20,10-21)12-4-1-2-6-15(12)19/h1-7,21H,8-10,20H2. The van der Waals surface area contributed by atoms with Crippen molar-refractivity contribution < 1.29 is 13.9 Å². The summed E-state index contributed by atoms with van der Waals surface area (Å²) in [5.74, 6) is -0.977. The van der Waals surface area contributed by atoms with Crippen molar-refractivity contribution in [2.24, 2.45) is 5.73 Å². The average molecular weight is 312 g/mol. The fourth-order valence-electron chi connectivity index (χ4n) is 2.41. The molecule has 3 N–H and O–H groups in total. The van der Waals surface area contributed by atoms with Crippen LogP contribution < -0.4 is 5.73 Å². The van der Waals surface area contributed by atoms with E-state index >= 15 is 0 Å². The van der Waals surface area contributed by atoms with Crippen LogP contribution in [0.5, 0.6) is 0 Å². The molecule has 0 aliphatic heterocycles. The van der Waals surface area contributed by atoms with Gasteiger partial charge >= 0.3 is 0 Å². The van der Waals surface area contributed by atoms with E-state index in [-0.39, 0.29) is 29.1 Å². The van der Waals surface area contributed by atoms with E-state index in [1.807, 2.05) is 0 Å². The molecule has 0 amide bonds. The van der Waals surface area contributed by atoms with Crippen LogP contribution >= 0.6 is 11.6 Å². The second-order valence-electron chi connectivity index (χ2n) is 5.00. The maximum Gasteiger partial charge on any atom is 0.127 e. The maximum absolute atomic E-state index is 14.1. The van der Waals surface area contributed by atoms with Crippen LogP contribution in [-0.4, -0.2) is 18.3 Å². The van der Waals surface area contributed by atoms with E-state index in [1.54, 1.807) is 24.3 Å². The van der Waals surface area contributed by atoms with Crippen molar-refractivity contribution in [3.63, 3.8) is 0 Å². The van der Waals surface area contributed by atoms with Gasteiger partial charge in [-0.1, -0.05) is 35.9 Å². The van der Waals surface area contributed by atoms with Crippen molar-refractivity contribution in [1.29, 1.82) is 0 Å². The molecule has 0 heterocycles. The second kappa shape index (κ2) is 6.52. The first-order valence-corrected chi connectivity index (χ1v) is 6.90. The summed E-state index contributed by atoms with van der Waals surface area (Å²) in [6.45, 7) is -0.440. The topological polar surface area (TPSA) is 46.2 Å². The van der Waals surface area contributed by atoms with E-state index in [1.165, 1.54) is 18.2 Å². The molecule has 0 aliphatic rings. The predicted molar refractivity (Wildman–Crippen MR) is 79.3 cm³/mol. The molecular formula is C16H16ClF2NO. The minimum Gasteiger partial charge on any atom is -0.395 e. The summed E-state index contributed by atoms with van der Waals surface area (Å²) in [6.07, 6.45) is 0.0203. The number of rotatable bonds is 5. The molecule has 0 bridgehead atoms. The Labute approximate surface area is 127 Å². The van der Waals surface area contributed by atoms with Crippen molar-refractivity contribution >= 4 is 11.6 Å². The van der Waals surface area contributed by atoms with Crippen LogP contribution in [0.4, 0.5) is 8.78 Å². The van der Waals surface area contributed by atoms with Crippen LogP contribution in [-0.2, 0) is 11.8 Å². The normalized spacial score (nSPS) is 14.0. The average Bonchev–Trinajstić information content (AvgIpc) is 2.49. The summed E-state index contributed by atoms with van der Waals surface area (Å²) in [6, 6.07) is 10.4. The zero-order valence-electron chi connectivity index (χ0n) is 11.3. The number of nitrogens with two attached hydrogens (primary N) is 1. The Hall–Kier alpha value is -1.49. The fraction of sp³-hybridized carbons (Fsp3) is 0.250. The van der Waals surface area contributed by atoms with Crippen LogP contribution in [0, 0.1) is 11.6 Å². The summed E-state index contributed by atoms with van der Waals surface area (Å²) in [5, 5.41) is 10.0. The molecule has 2 nitrogen and oxygen atoms in total. The van der Waals surface area contributed by atoms with Gasteiger partial charge in [0, 0.05) is 22.5 Å². The fourth-order valence-corrected chi connectivity index (χ4v) is 2.64. The largest absolute Gasteiger partial charge is 0.395 e. The van der Waals surface area contributed by atoms with E-state index < -0.39 is 23.7 Å². The van der Waals surface area contributed by atoms with Crippen molar-refractivity contribution in [2.75, 3.05) is 13.2 Å². The lowest BCUT2D eigenvalue weighted by atomic mass is 9.76. The third-order valence-electron chi connectivity index (χ3n) is 3.72. The third kappa shape index (κ3) is 3.07. The van der Waals surface area contributed by atoms with E-state index in [2.05, 4.69) is 0 Å².